The quantitative estimate of drug-likeness (QED) is 0.589. The Morgan fingerprint density at radius 3 is 2.79 bits per heavy atom. The van der Waals surface area contributed by atoms with E-state index in [0.29, 0.717) is 12.0 Å². The number of hydrogen-bond acceptors (Lipinski definition) is 6. The summed E-state index contributed by atoms with van der Waals surface area (Å²) in [4.78, 5) is 13.8. The van der Waals surface area contributed by atoms with Gasteiger partial charge in [0.15, 0.2) is 5.65 Å². The maximum atomic E-state index is 5.50. The van der Waals surface area contributed by atoms with Gasteiger partial charge in [0, 0.05) is 32.1 Å². The Labute approximate surface area is 162 Å². The number of nitrogens with zero attached hydrogens (tertiary/aromatic N) is 6. The van der Waals surface area contributed by atoms with E-state index in [2.05, 4.69) is 39.0 Å². The van der Waals surface area contributed by atoms with Gasteiger partial charge in [-0.1, -0.05) is 0 Å². The van der Waals surface area contributed by atoms with Gasteiger partial charge in [0.2, 0.25) is 5.95 Å². The zero-order valence-electron chi connectivity index (χ0n) is 16.3. The Hall–Kier alpha value is -3.00. The van der Waals surface area contributed by atoms with E-state index in [1.165, 1.54) is 0 Å². The number of benzene rings is 1. The molecule has 4 heterocycles. The van der Waals surface area contributed by atoms with Crippen LogP contribution < -0.4 is 5.32 Å². The molecule has 1 aliphatic rings. The molecule has 28 heavy (non-hydrogen) atoms. The van der Waals surface area contributed by atoms with E-state index in [9.17, 15) is 0 Å². The summed E-state index contributed by atoms with van der Waals surface area (Å²) < 4.78 is 9.56. The first-order valence-corrected chi connectivity index (χ1v) is 9.58. The van der Waals surface area contributed by atoms with E-state index in [1.54, 1.807) is 0 Å². The fourth-order valence-electron chi connectivity index (χ4n) is 3.84. The number of nitrogens with one attached hydrogen (secondary N) is 1. The van der Waals surface area contributed by atoms with E-state index in [4.69, 9.17) is 14.8 Å². The zero-order valence-corrected chi connectivity index (χ0v) is 16.3. The summed E-state index contributed by atoms with van der Waals surface area (Å²) in [5.41, 5.74) is 5.96. The minimum absolute atomic E-state index is 0.320. The summed E-state index contributed by atoms with van der Waals surface area (Å²) in [6.45, 7) is 5.61. The lowest BCUT2D eigenvalue weighted by Gasteiger charge is -2.22. The second-order valence-corrected chi connectivity index (χ2v) is 7.44. The van der Waals surface area contributed by atoms with Crippen LogP contribution >= 0.6 is 0 Å². The molecule has 3 aromatic heterocycles. The van der Waals surface area contributed by atoms with Gasteiger partial charge in [-0.2, -0.15) is 10.1 Å². The van der Waals surface area contributed by atoms with Gasteiger partial charge in [-0.3, -0.25) is 0 Å². The number of aromatic nitrogens is 6. The lowest BCUT2D eigenvalue weighted by atomic mass is 10.1. The smallest absolute Gasteiger partial charge is 0.229 e. The summed E-state index contributed by atoms with van der Waals surface area (Å²) in [5.74, 6) is 0.574. The monoisotopic (exact) mass is 377 g/mol. The van der Waals surface area contributed by atoms with E-state index in [-0.39, 0.29) is 0 Å². The van der Waals surface area contributed by atoms with Crippen molar-refractivity contribution in [2.24, 2.45) is 7.05 Å². The molecule has 0 amide bonds. The minimum Gasteiger partial charge on any atom is -0.381 e. The van der Waals surface area contributed by atoms with Crippen LogP contribution in [0.3, 0.4) is 0 Å². The van der Waals surface area contributed by atoms with Crippen LogP contribution in [0.2, 0.25) is 0 Å². The van der Waals surface area contributed by atoms with Gasteiger partial charge < -0.3 is 14.6 Å². The highest BCUT2D eigenvalue weighted by molar-refractivity contribution is 5.83. The average molecular weight is 377 g/mol. The highest BCUT2D eigenvalue weighted by atomic mass is 16.5. The Morgan fingerprint density at radius 1 is 1.14 bits per heavy atom. The highest BCUT2D eigenvalue weighted by Crippen LogP contribution is 2.28. The Morgan fingerprint density at radius 2 is 1.96 bits per heavy atom. The fourth-order valence-corrected chi connectivity index (χ4v) is 3.84. The molecule has 0 radical (unpaired) electrons. The van der Waals surface area contributed by atoms with Gasteiger partial charge in [0.25, 0.3) is 0 Å². The van der Waals surface area contributed by atoms with Gasteiger partial charge in [-0.25, -0.2) is 14.6 Å². The number of fused-ring (bicyclic) bond motifs is 2. The molecule has 144 valence electrons. The van der Waals surface area contributed by atoms with Crippen molar-refractivity contribution < 1.29 is 4.74 Å². The molecule has 1 fully saturated rings. The average Bonchev–Trinajstić information content (AvgIpc) is 3.23. The molecule has 1 N–H and O–H groups in total. The van der Waals surface area contributed by atoms with Gasteiger partial charge in [-0.05, 0) is 44.4 Å². The zero-order chi connectivity index (χ0) is 19.3. The van der Waals surface area contributed by atoms with Crippen LogP contribution in [-0.2, 0) is 11.8 Å². The topological polar surface area (TPSA) is 82.7 Å². The van der Waals surface area contributed by atoms with Crippen LogP contribution in [-0.4, -0.2) is 42.5 Å². The first kappa shape index (κ1) is 17.1. The molecule has 1 aliphatic heterocycles. The normalized spacial score (nSPS) is 15.5. The Balaban J connectivity index is 1.54. The van der Waals surface area contributed by atoms with E-state index in [0.717, 1.165) is 65.1 Å². The molecule has 0 aliphatic carbocycles. The van der Waals surface area contributed by atoms with Crippen LogP contribution in [0.4, 0.5) is 11.6 Å². The molecule has 0 bridgehead atoms. The summed E-state index contributed by atoms with van der Waals surface area (Å²) in [6.07, 6.45) is 5.60. The van der Waals surface area contributed by atoms with Gasteiger partial charge >= 0.3 is 0 Å². The molecule has 8 heteroatoms. The summed E-state index contributed by atoms with van der Waals surface area (Å²) in [6, 6.07) is 4.49. The fraction of sp³-hybridized carbons (Fsp3) is 0.400. The Kier molecular flexibility index (Phi) is 4.01. The van der Waals surface area contributed by atoms with Crippen LogP contribution in [0.25, 0.3) is 22.1 Å². The molecular formula is C20H23N7O. The minimum atomic E-state index is 0.320. The molecule has 1 aromatic carbocycles. The van der Waals surface area contributed by atoms with E-state index < -0.39 is 0 Å². The SMILES string of the molecule is Cc1cc2ncn(C)c2cc1Nc1ncc2c(C)nn(C3CCOCC3)c2n1. The summed E-state index contributed by atoms with van der Waals surface area (Å²) in [7, 11) is 1.99. The van der Waals surface area contributed by atoms with Gasteiger partial charge in [0.1, 0.15) is 0 Å². The maximum absolute atomic E-state index is 5.50. The van der Waals surface area contributed by atoms with Crippen molar-refractivity contribution in [3.8, 4) is 0 Å². The highest BCUT2D eigenvalue weighted by Gasteiger charge is 2.21. The van der Waals surface area contributed by atoms with Crippen molar-refractivity contribution in [2.75, 3.05) is 18.5 Å². The molecule has 0 atom stereocenters. The lowest BCUT2D eigenvalue weighted by Crippen LogP contribution is -2.20. The first-order valence-electron chi connectivity index (χ1n) is 9.58. The van der Waals surface area contributed by atoms with Crippen molar-refractivity contribution in [3.05, 3.63) is 35.9 Å². The van der Waals surface area contributed by atoms with Crippen LogP contribution in [0.1, 0.15) is 30.1 Å². The second kappa shape index (κ2) is 6.56. The molecule has 5 rings (SSSR count). The van der Waals surface area contributed by atoms with Crippen molar-refractivity contribution in [1.29, 1.82) is 0 Å². The number of ether oxygens (including phenoxy) is 1. The van der Waals surface area contributed by atoms with Crippen molar-refractivity contribution in [1.82, 2.24) is 29.3 Å². The van der Waals surface area contributed by atoms with E-state index in [1.807, 2.05) is 31.1 Å². The summed E-state index contributed by atoms with van der Waals surface area (Å²) >= 11 is 0. The molecule has 0 spiro atoms. The van der Waals surface area contributed by atoms with Crippen molar-refractivity contribution in [3.63, 3.8) is 0 Å². The third-order valence-corrected chi connectivity index (χ3v) is 5.49. The number of imidazole rings is 1. The molecule has 4 aromatic rings. The number of hydrogen-bond donors (Lipinski definition) is 1. The maximum Gasteiger partial charge on any atom is 0.229 e. The lowest BCUT2D eigenvalue weighted by molar-refractivity contribution is 0.0672. The third-order valence-electron chi connectivity index (χ3n) is 5.49. The van der Waals surface area contributed by atoms with Crippen molar-refractivity contribution >= 4 is 33.7 Å². The second-order valence-electron chi connectivity index (χ2n) is 7.44. The Bertz CT molecular complexity index is 1170. The largest absolute Gasteiger partial charge is 0.381 e. The van der Waals surface area contributed by atoms with Crippen molar-refractivity contribution in [2.45, 2.75) is 32.7 Å². The molecular weight excluding hydrogens is 354 g/mol. The standard InChI is InChI=1S/C20H23N7O/c1-12-8-17-18(26(3)11-22-17)9-16(12)23-20-21-10-15-13(2)25-27(19(15)24-20)14-4-6-28-7-5-14/h8-11,14H,4-7H2,1-3H3,(H,21,23,24). The van der Waals surface area contributed by atoms with Crippen LogP contribution in [0.15, 0.2) is 24.7 Å². The molecule has 0 saturated carbocycles. The van der Waals surface area contributed by atoms with Crippen LogP contribution in [0.5, 0.6) is 0 Å². The summed E-state index contributed by atoms with van der Waals surface area (Å²) in [5, 5.41) is 9.12. The molecule has 0 unspecified atom stereocenters. The third kappa shape index (κ3) is 2.80. The number of aryl methyl sites for hydroxylation is 3. The first-order chi connectivity index (χ1) is 13.6. The molecule has 1 saturated heterocycles. The van der Waals surface area contributed by atoms with Crippen LogP contribution in [0, 0.1) is 13.8 Å². The number of rotatable bonds is 3. The van der Waals surface area contributed by atoms with E-state index >= 15 is 0 Å². The van der Waals surface area contributed by atoms with Gasteiger partial charge in [0.05, 0.1) is 34.5 Å². The predicted octanol–water partition coefficient (Wildman–Crippen LogP) is 3.42. The predicted molar refractivity (Wildman–Crippen MR) is 108 cm³/mol. The number of anilines is 2. The molecule has 8 nitrogen and oxygen atoms in total. The van der Waals surface area contributed by atoms with Gasteiger partial charge in [-0.15, -0.1) is 0 Å².